The molecular weight excluding hydrogens is 302 g/mol. The van der Waals surface area contributed by atoms with Gasteiger partial charge in [-0.2, -0.15) is 4.31 Å². The van der Waals surface area contributed by atoms with E-state index in [1.54, 1.807) is 0 Å². The lowest BCUT2D eigenvalue weighted by Gasteiger charge is -2.23. The number of rotatable bonds is 6. The number of nitrogens with zero attached hydrogens (tertiary/aromatic N) is 1. The van der Waals surface area contributed by atoms with Crippen molar-refractivity contribution in [1.29, 1.82) is 0 Å². The SMILES string of the molecule is COCCS(=O)(=O)N1CCCC1C(=O)c1cc(C)ccc1C. The largest absolute Gasteiger partial charge is 0.384 e. The first-order valence-electron chi connectivity index (χ1n) is 7.47. The van der Waals surface area contributed by atoms with Crippen LogP contribution in [0.5, 0.6) is 0 Å². The van der Waals surface area contributed by atoms with Crippen LogP contribution in [-0.2, 0) is 14.8 Å². The summed E-state index contributed by atoms with van der Waals surface area (Å²) < 4.78 is 31.0. The lowest BCUT2D eigenvalue weighted by Crippen LogP contribution is -2.42. The van der Waals surface area contributed by atoms with Crippen LogP contribution in [0.25, 0.3) is 0 Å². The van der Waals surface area contributed by atoms with Crippen LogP contribution in [-0.4, -0.2) is 50.6 Å². The molecular formula is C16H23NO4S. The Morgan fingerprint density at radius 3 is 2.77 bits per heavy atom. The third-order valence-electron chi connectivity index (χ3n) is 4.07. The Morgan fingerprint density at radius 1 is 1.36 bits per heavy atom. The second kappa shape index (κ2) is 6.89. The lowest BCUT2D eigenvalue weighted by molar-refractivity contribution is 0.0917. The van der Waals surface area contributed by atoms with Gasteiger partial charge in [-0.15, -0.1) is 0 Å². The summed E-state index contributed by atoms with van der Waals surface area (Å²) in [6.45, 7) is 4.36. The minimum Gasteiger partial charge on any atom is -0.384 e. The maximum atomic E-state index is 12.8. The molecule has 1 aromatic carbocycles. The van der Waals surface area contributed by atoms with Gasteiger partial charge in [-0.3, -0.25) is 4.79 Å². The van der Waals surface area contributed by atoms with E-state index in [4.69, 9.17) is 4.74 Å². The first-order chi connectivity index (χ1) is 10.4. The van der Waals surface area contributed by atoms with Gasteiger partial charge in [0.2, 0.25) is 10.0 Å². The Kier molecular flexibility index (Phi) is 5.36. The van der Waals surface area contributed by atoms with E-state index in [0.29, 0.717) is 24.9 Å². The van der Waals surface area contributed by atoms with Crippen molar-refractivity contribution in [3.63, 3.8) is 0 Å². The average Bonchev–Trinajstić information content (AvgIpc) is 2.97. The molecule has 1 saturated heterocycles. The van der Waals surface area contributed by atoms with Crippen LogP contribution < -0.4 is 0 Å². The highest BCUT2D eigenvalue weighted by Crippen LogP contribution is 2.26. The normalized spacial score (nSPS) is 19.5. The zero-order valence-corrected chi connectivity index (χ0v) is 14.1. The van der Waals surface area contributed by atoms with Gasteiger partial charge in [0.05, 0.1) is 18.4 Å². The Hall–Kier alpha value is -1.24. The lowest BCUT2D eigenvalue weighted by atomic mass is 9.97. The third-order valence-corrected chi connectivity index (χ3v) is 5.90. The molecule has 0 radical (unpaired) electrons. The topological polar surface area (TPSA) is 63.7 Å². The standard InChI is InChI=1S/C16H23NO4S/c1-12-6-7-13(2)14(11-12)16(18)15-5-4-8-17(15)22(19,20)10-9-21-3/h6-7,11,15H,4-5,8-10H2,1-3H3. The minimum absolute atomic E-state index is 0.0833. The molecule has 0 bridgehead atoms. The average molecular weight is 325 g/mol. The molecule has 1 aliphatic heterocycles. The van der Waals surface area contributed by atoms with E-state index in [1.165, 1.54) is 11.4 Å². The Balaban J connectivity index is 2.27. The fourth-order valence-electron chi connectivity index (χ4n) is 2.82. The first-order valence-corrected chi connectivity index (χ1v) is 9.07. The van der Waals surface area contributed by atoms with E-state index < -0.39 is 16.1 Å². The zero-order chi connectivity index (χ0) is 16.3. The summed E-state index contributed by atoms with van der Waals surface area (Å²) >= 11 is 0. The van der Waals surface area contributed by atoms with Crippen molar-refractivity contribution < 1.29 is 17.9 Å². The van der Waals surface area contributed by atoms with E-state index in [9.17, 15) is 13.2 Å². The molecule has 0 saturated carbocycles. The molecule has 22 heavy (non-hydrogen) atoms. The Labute approximate surface area is 132 Å². The van der Waals surface area contributed by atoms with Crippen LogP contribution in [0.4, 0.5) is 0 Å². The highest BCUT2D eigenvalue weighted by Gasteiger charge is 2.38. The van der Waals surface area contributed by atoms with Crippen molar-refractivity contribution >= 4 is 15.8 Å². The molecule has 1 aromatic rings. The predicted octanol–water partition coefficient (Wildman–Crippen LogP) is 1.93. The summed E-state index contributed by atoms with van der Waals surface area (Å²) in [6, 6.07) is 5.12. The molecule has 1 aliphatic rings. The van der Waals surface area contributed by atoms with Crippen molar-refractivity contribution in [3.8, 4) is 0 Å². The van der Waals surface area contributed by atoms with E-state index >= 15 is 0 Å². The number of sulfonamides is 1. The van der Waals surface area contributed by atoms with Crippen molar-refractivity contribution in [2.24, 2.45) is 0 Å². The fraction of sp³-hybridized carbons (Fsp3) is 0.562. The number of ether oxygens (including phenoxy) is 1. The van der Waals surface area contributed by atoms with Gasteiger partial charge in [0.1, 0.15) is 0 Å². The van der Waals surface area contributed by atoms with Gasteiger partial charge < -0.3 is 4.74 Å². The second-order valence-electron chi connectivity index (χ2n) is 5.76. The number of ketones is 1. The van der Waals surface area contributed by atoms with E-state index in [-0.39, 0.29) is 18.1 Å². The number of hydrogen-bond donors (Lipinski definition) is 0. The van der Waals surface area contributed by atoms with Gasteiger partial charge in [-0.05, 0) is 38.3 Å². The molecule has 2 rings (SSSR count). The predicted molar refractivity (Wildman–Crippen MR) is 85.6 cm³/mol. The molecule has 0 aromatic heterocycles. The molecule has 1 unspecified atom stereocenters. The quantitative estimate of drug-likeness (QED) is 0.750. The number of aryl methyl sites for hydroxylation is 2. The molecule has 0 amide bonds. The molecule has 5 nitrogen and oxygen atoms in total. The molecule has 1 heterocycles. The van der Waals surface area contributed by atoms with Crippen molar-refractivity contribution in [3.05, 3.63) is 34.9 Å². The van der Waals surface area contributed by atoms with E-state index in [1.807, 2.05) is 32.0 Å². The molecule has 122 valence electrons. The van der Waals surface area contributed by atoms with Gasteiger partial charge in [-0.1, -0.05) is 17.7 Å². The summed E-state index contributed by atoms with van der Waals surface area (Å²) in [5, 5.41) is 0. The van der Waals surface area contributed by atoms with Crippen LogP contribution in [0, 0.1) is 13.8 Å². The molecule has 6 heteroatoms. The molecule has 0 spiro atoms. The van der Waals surface area contributed by atoms with Crippen molar-refractivity contribution in [2.75, 3.05) is 26.0 Å². The molecule has 1 fully saturated rings. The van der Waals surface area contributed by atoms with E-state index in [0.717, 1.165) is 11.1 Å². The Morgan fingerprint density at radius 2 is 2.09 bits per heavy atom. The van der Waals surface area contributed by atoms with E-state index in [2.05, 4.69) is 0 Å². The number of carbonyl (C=O) groups excluding carboxylic acids is 1. The summed E-state index contributed by atoms with van der Waals surface area (Å²) in [5.74, 6) is -0.181. The van der Waals surface area contributed by atoms with Crippen LogP contribution >= 0.6 is 0 Å². The molecule has 0 N–H and O–H groups in total. The fourth-order valence-corrected chi connectivity index (χ4v) is 4.43. The summed E-state index contributed by atoms with van der Waals surface area (Å²) in [4.78, 5) is 12.8. The smallest absolute Gasteiger partial charge is 0.217 e. The molecule has 0 aliphatic carbocycles. The highest BCUT2D eigenvalue weighted by atomic mass is 32.2. The Bertz CT molecular complexity index is 654. The number of carbonyl (C=O) groups is 1. The van der Waals surface area contributed by atoms with Crippen LogP contribution in [0.1, 0.15) is 34.3 Å². The molecule has 1 atom stereocenters. The summed E-state index contributed by atoms with van der Waals surface area (Å²) in [6.07, 6.45) is 1.30. The zero-order valence-electron chi connectivity index (χ0n) is 13.3. The maximum Gasteiger partial charge on any atom is 0.217 e. The van der Waals surface area contributed by atoms with Crippen LogP contribution in [0.15, 0.2) is 18.2 Å². The van der Waals surface area contributed by atoms with Crippen molar-refractivity contribution in [1.82, 2.24) is 4.31 Å². The van der Waals surface area contributed by atoms with Crippen LogP contribution in [0.2, 0.25) is 0 Å². The number of benzene rings is 1. The van der Waals surface area contributed by atoms with Gasteiger partial charge in [0.25, 0.3) is 0 Å². The van der Waals surface area contributed by atoms with Crippen LogP contribution in [0.3, 0.4) is 0 Å². The number of hydrogen-bond acceptors (Lipinski definition) is 4. The first kappa shape index (κ1) is 17.1. The van der Waals surface area contributed by atoms with Gasteiger partial charge in [0.15, 0.2) is 5.78 Å². The second-order valence-corrected chi connectivity index (χ2v) is 7.80. The van der Waals surface area contributed by atoms with Gasteiger partial charge in [-0.25, -0.2) is 8.42 Å². The van der Waals surface area contributed by atoms with Crippen molar-refractivity contribution in [2.45, 2.75) is 32.7 Å². The number of methoxy groups -OCH3 is 1. The summed E-state index contributed by atoms with van der Waals surface area (Å²) in [7, 11) is -1.99. The highest BCUT2D eigenvalue weighted by molar-refractivity contribution is 7.89. The maximum absolute atomic E-state index is 12.8. The van der Waals surface area contributed by atoms with Gasteiger partial charge >= 0.3 is 0 Å². The number of Topliss-reactive ketones (excluding diaryl/α,β-unsaturated/α-hetero) is 1. The monoisotopic (exact) mass is 325 g/mol. The minimum atomic E-state index is -3.46. The third kappa shape index (κ3) is 3.56. The summed E-state index contributed by atoms with van der Waals surface area (Å²) in [5.41, 5.74) is 2.51. The van der Waals surface area contributed by atoms with Gasteiger partial charge in [0, 0.05) is 19.2 Å².